The lowest BCUT2D eigenvalue weighted by atomic mass is 10.1. The van der Waals surface area contributed by atoms with E-state index in [0.717, 1.165) is 18.5 Å². The van der Waals surface area contributed by atoms with Gasteiger partial charge in [-0.3, -0.25) is 0 Å². The lowest BCUT2D eigenvalue weighted by molar-refractivity contribution is 0.272. The van der Waals surface area contributed by atoms with Crippen molar-refractivity contribution in [1.29, 1.82) is 0 Å². The number of hydrogen-bond donors (Lipinski definition) is 1. The Labute approximate surface area is 117 Å². The molecule has 1 heterocycles. The van der Waals surface area contributed by atoms with E-state index < -0.39 is 0 Å². The van der Waals surface area contributed by atoms with Gasteiger partial charge in [0.05, 0.1) is 0 Å². The number of aryl methyl sites for hydroxylation is 1. The molecule has 0 amide bonds. The second kappa shape index (κ2) is 7.00. The Bertz CT molecular complexity index is 556. The second-order valence-corrected chi connectivity index (χ2v) is 4.49. The largest absolute Gasteiger partial charge is 0.483 e. The predicted molar refractivity (Wildman–Crippen MR) is 73.8 cm³/mol. The molecule has 0 radical (unpaired) electrons. The van der Waals surface area contributed by atoms with Gasteiger partial charge < -0.3 is 10.5 Å². The number of rotatable bonds is 7. The zero-order valence-corrected chi connectivity index (χ0v) is 11.6. The van der Waals surface area contributed by atoms with E-state index in [1.54, 1.807) is 10.7 Å². The second-order valence-electron chi connectivity index (χ2n) is 4.49. The lowest BCUT2D eigenvalue weighted by Gasteiger charge is -2.09. The monoisotopic (exact) mass is 278 g/mol. The number of ether oxygens (including phenoxy) is 1. The van der Waals surface area contributed by atoms with Crippen LogP contribution in [0.25, 0.3) is 0 Å². The summed E-state index contributed by atoms with van der Waals surface area (Å²) in [5.41, 5.74) is 6.31. The van der Waals surface area contributed by atoms with E-state index in [1.165, 1.54) is 12.4 Å². The van der Waals surface area contributed by atoms with Crippen LogP contribution in [0, 0.1) is 5.82 Å². The Morgan fingerprint density at radius 2 is 2.25 bits per heavy atom. The van der Waals surface area contributed by atoms with E-state index in [1.807, 2.05) is 6.07 Å². The molecule has 2 rings (SSSR count). The summed E-state index contributed by atoms with van der Waals surface area (Å²) in [6.07, 6.45) is 3.09. The highest BCUT2D eigenvalue weighted by Crippen LogP contribution is 2.19. The van der Waals surface area contributed by atoms with E-state index >= 15 is 0 Å². The Morgan fingerprint density at radius 3 is 2.95 bits per heavy atom. The smallest absolute Gasteiger partial charge is 0.165 e. The molecular weight excluding hydrogens is 259 g/mol. The molecule has 1 aromatic carbocycles. The molecule has 0 fully saturated rings. The molecule has 0 aliphatic rings. The molecular formula is C14H19FN4O. The molecule has 0 saturated carbocycles. The molecule has 20 heavy (non-hydrogen) atoms. The molecule has 0 aliphatic carbocycles. The van der Waals surface area contributed by atoms with E-state index in [9.17, 15) is 4.39 Å². The van der Waals surface area contributed by atoms with Crippen LogP contribution in [0.2, 0.25) is 0 Å². The fraction of sp³-hybridized carbons (Fsp3) is 0.429. The first-order valence-corrected chi connectivity index (χ1v) is 6.72. The fourth-order valence-electron chi connectivity index (χ4n) is 1.92. The summed E-state index contributed by atoms with van der Waals surface area (Å²) in [6, 6.07) is 4.90. The summed E-state index contributed by atoms with van der Waals surface area (Å²) in [6.45, 7) is 3.53. The third-order valence-corrected chi connectivity index (χ3v) is 2.92. The van der Waals surface area contributed by atoms with Gasteiger partial charge in [-0.1, -0.05) is 13.0 Å². The van der Waals surface area contributed by atoms with E-state index in [2.05, 4.69) is 17.0 Å². The van der Waals surface area contributed by atoms with Gasteiger partial charge in [-0.05, 0) is 37.1 Å². The highest BCUT2D eigenvalue weighted by molar-refractivity contribution is 5.29. The highest BCUT2D eigenvalue weighted by Gasteiger charge is 2.08. The average molecular weight is 278 g/mol. The summed E-state index contributed by atoms with van der Waals surface area (Å²) in [5, 5.41) is 4.10. The summed E-state index contributed by atoms with van der Waals surface area (Å²) in [7, 11) is 0. The van der Waals surface area contributed by atoms with Gasteiger partial charge >= 0.3 is 0 Å². The van der Waals surface area contributed by atoms with Crippen molar-refractivity contribution in [3.05, 3.63) is 41.7 Å². The number of halogens is 1. The molecule has 108 valence electrons. The summed E-state index contributed by atoms with van der Waals surface area (Å²) < 4.78 is 21.1. The van der Waals surface area contributed by atoms with Crippen molar-refractivity contribution in [2.75, 3.05) is 6.54 Å². The molecule has 0 atom stereocenters. The van der Waals surface area contributed by atoms with Crippen molar-refractivity contribution in [2.24, 2.45) is 5.73 Å². The minimum atomic E-state index is -0.377. The van der Waals surface area contributed by atoms with Gasteiger partial charge in [-0.15, -0.1) is 0 Å². The van der Waals surface area contributed by atoms with Crippen LogP contribution >= 0.6 is 0 Å². The first kappa shape index (κ1) is 14.5. The Morgan fingerprint density at radius 1 is 1.40 bits per heavy atom. The number of nitrogens with two attached hydrogens (primary N) is 1. The summed E-state index contributed by atoms with van der Waals surface area (Å²) in [4.78, 5) is 4.11. The number of aromatic nitrogens is 3. The summed E-state index contributed by atoms with van der Waals surface area (Å²) in [5.74, 6) is 0.534. The Hall–Kier alpha value is -1.95. The maximum Gasteiger partial charge on any atom is 0.165 e. The van der Waals surface area contributed by atoms with Crippen molar-refractivity contribution < 1.29 is 9.13 Å². The summed E-state index contributed by atoms with van der Waals surface area (Å²) >= 11 is 0. The van der Waals surface area contributed by atoms with Crippen LogP contribution in [-0.4, -0.2) is 21.3 Å². The predicted octanol–water partition coefficient (Wildman–Crippen LogP) is 1.91. The number of hydrogen-bond acceptors (Lipinski definition) is 4. The van der Waals surface area contributed by atoms with E-state index in [0.29, 0.717) is 18.8 Å². The number of nitrogens with zero attached hydrogens (tertiary/aromatic N) is 3. The van der Waals surface area contributed by atoms with Crippen LogP contribution in [0.4, 0.5) is 4.39 Å². The van der Waals surface area contributed by atoms with E-state index in [4.69, 9.17) is 10.5 Å². The molecule has 2 aromatic rings. The third kappa shape index (κ3) is 3.54. The maximum atomic E-state index is 13.8. The van der Waals surface area contributed by atoms with Crippen molar-refractivity contribution in [1.82, 2.24) is 14.8 Å². The van der Waals surface area contributed by atoms with Gasteiger partial charge in [0.15, 0.2) is 17.4 Å². The van der Waals surface area contributed by atoms with E-state index in [-0.39, 0.29) is 18.2 Å². The van der Waals surface area contributed by atoms with Gasteiger partial charge in [0.25, 0.3) is 0 Å². The molecule has 0 bridgehead atoms. The zero-order chi connectivity index (χ0) is 14.4. The van der Waals surface area contributed by atoms with Crippen molar-refractivity contribution in [3.8, 4) is 5.75 Å². The third-order valence-electron chi connectivity index (χ3n) is 2.92. The molecule has 1 aromatic heterocycles. The minimum Gasteiger partial charge on any atom is -0.483 e. The minimum absolute atomic E-state index is 0.202. The molecule has 0 aliphatic heterocycles. The van der Waals surface area contributed by atoms with Crippen molar-refractivity contribution in [2.45, 2.75) is 32.9 Å². The average Bonchev–Trinajstić information content (AvgIpc) is 2.86. The topological polar surface area (TPSA) is 66.0 Å². The van der Waals surface area contributed by atoms with Gasteiger partial charge in [0.2, 0.25) is 0 Å². The first-order chi connectivity index (χ1) is 9.74. The standard InChI is InChI=1S/C14H19FN4O/c1-2-7-19-14(17-10-18-19)9-20-13-4-3-11(5-6-16)8-12(13)15/h3-4,8,10H,2,5-7,9,16H2,1H3. The quantitative estimate of drug-likeness (QED) is 0.840. The van der Waals surface area contributed by atoms with Crippen LogP contribution in [0.5, 0.6) is 5.75 Å². The van der Waals surface area contributed by atoms with Crippen LogP contribution in [-0.2, 0) is 19.6 Å². The Kier molecular flexibility index (Phi) is 5.06. The normalized spacial score (nSPS) is 10.8. The van der Waals surface area contributed by atoms with Crippen LogP contribution in [0.1, 0.15) is 24.7 Å². The van der Waals surface area contributed by atoms with Crippen molar-refractivity contribution in [3.63, 3.8) is 0 Å². The van der Waals surface area contributed by atoms with Gasteiger partial charge in [-0.2, -0.15) is 5.10 Å². The molecule has 2 N–H and O–H groups in total. The van der Waals surface area contributed by atoms with Crippen LogP contribution < -0.4 is 10.5 Å². The fourth-order valence-corrected chi connectivity index (χ4v) is 1.92. The van der Waals surface area contributed by atoms with Gasteiger partial charge in [-0.25, -0.2) is 14.1 Å². The molecule has 0 saturated heterocycles. The molecule has 0 unspecified atom stereocenters. The zero-order valence-electron chi connectivity index (χ0n) is 11.6. The molecule has 6 heteroatoms. The molecule has 0 spiro atoms. The van der Waals surface area contributed by atoms with Crippen molar-refractivity contribution >= 4 is 0 Å². The molecule has 5 nitrogen and oxygen atoms in total. The lowest BCUT2D eigenvalue weighted by Crippen LogP contribution is -2.09. The van der Waals surface area contributed by atoms with Crippen LogP contribution in [0.15, 0.2) is 24.5 Å². The maximum absolute atomic E-state index is 13.8. The Balaban J connectivity index is 2.01. The van der Waals surface area contributed by atoms with Gasteiger partial charge in [0, 0.05) is 6.54 Å². The number of benzene rings is 1. The highest BCUT2D eigenvalue weighted by atomic mass is 19.1. The van der Waals surface area contributed by atoms with Crippen LogP contribution in [0.3, 0.4) is 0 Å². The van der Waals surface area contributed by atoms with Gasteiger partial charge in [0.1, 0.15) is 12.9 Å². The first-order valence-electron chi connectivity index (χ1n) is 6.72. The SMILES string of the molecule is CCCn1ncnc1COc1ccc(CCN)cc1F.